The van der Waals surface area contributed by atoms with Gasteiger partial charge >= 0.3 is 0 Å². The van der Waals surface area contributed by atoms with Crippen LogP contribution in [0.4, 0.5) is 5.69 Å². The smallest absolute Gasteiger partial charge is 0.138 e. The standard InChI is InChI=1S/C16H22N4/c1-12(2)10-20-16(18-11-19-20)9-13-5-6-15-14(8-13)4-3-7-17-15/h5-6,8,11-12,17H,3-4,7,9-10H2,1-2H3. The maximum atomic E-state index is 4.41. The highest BCUT2D eigenvalue weighted by Crippen LogP contribution is 2.23. The van der Waals surface area contributed by atoms with Gasteiger partial charge in [-0.1, -0.05) is 26.0 Å². The topological polar surface area (TPSA) is 42.7 Å². The lowest BCUT2D eigenvalue weighted by Crippen LogP contribution is -2.13. The lowest BCUT2D eigenvalue weighted by Gasteiger charge is -2.18. The van der Waals surface area contributed by atoms with Crippen molar-refractivity contribution in [2.75, 3.05) is 11.9 Å². The van der Waals surface area contributed by atoms with Gasteiger partial charge in [0.2, 0.25) is 0 Å². The monoisotopic (exact) mass is 270 g/mol. The second kappa shape index (κ2) is 5.65. The number of nitrogens with zero attached hydrogens (tertiary/aromatic N) is 3. The van der Waals surface area contributed by atoms with Crippen molar-refractivity contribution in [3.8, 4) is 0 Å². The van der Waals surface area contributed by atoms with Gasteiger partial charge < -0.3 is 5.32 Å². The summed E-state index contributed by atoms with van der Waals surface area (Å²) in [5, 5.41) is 7.79. The van der Waals surface area contributed by atoms with E-state index in [1.807, 2.05) is 4.68 Å². The summed E-state index contributed by atoms with van der Waals surface area (Å²) in [5.74, 6) is 1.64. The average molecular weight is 270 g/mol. The molecule has 0 bridgehead atoms. The molecule has 4 heteroatoms. The Morgan fingerprint density at radius 1 is 1.35 bits per heavy atom. The third-order valence-corrected chi connectivity index (χ3v) is 3.70. The van der Waals surface area contributed by atoms with E-state index in [1.54, 1.807) is 6.33 Å². The number of anilines is 1. The van der Waals surface area contributed by atoms with Crippen molar-refractivity contribution in [1.29, 1.82) is 0 Å². The van der Waals surface area contributed by atoms with Crippen molar-refractivity contribution < 1.29 is 0 Å². The molecule has 0 saturated heterocycles. The van der Waals surface area contributed by atoms with Gasteiger partial charge in [0.15, 0.2) is 0 Å². The molecule has 2 heterocycles. The molecule has 0 unspecified atom stereocenters. The summed E-state index contributed by atoms with van der Waals surface area (Å²) in [5.41, 5.74) is 4.05. The fourth-order valence-corrected chi connectivity index (χ4v) is 2.74. The van der Waals surface area contributed by atoms with Crippen molar-refractivity contribution in [3.63, 3.8) is 0 Å². The Kier molecular flexibility index (Phi) is 3.72. The van der Waals surface area contributed by atoms with Crippen LogP contribution >= 0.6 is 0 Å². The number of rotatable bonds is 4. The van der Waals surface area contributed by atoms with Crippen LogP contribution < -0.4 is 5.32 Å². The molecule has 20 heavy (non-hydrogen) atoms. The highest BCUT2D eigenvalue weighted by molar-refractivity contribution is 5.54. The molecule has 1 N–H and O–H groups in total. The predicted octanol–water partition coefficient (Wildman–Crippen LogP) is 2.88. The number of aromatic nitrogens is 3. The molecule has 0 atom stereocenters. The molecule has 0 spiro atoms. The predicted molar refractivity (Wildman–Crippen MR) is 80.9 cm³/mol. The molecule has 0 radical (unpaired) electrons. The lowest BCUT2D eigenvalue weighted by molar-refractivity contribution is 0.469. The molecule has 4 nitrogen and oxygen atoms in total. The molecule has 1 aliphatic heterocycles. The largest absolute Gasteiger partial charge is 0.385 e. The highest BCUT2D eigenvalue weighted by Gasteiger charge is 2.11. The number of hydrogen-bond acceptors (Lipinski definition) is 3. The summed E-state index contributed by atoms with van der Waals surface area (Å²) in [7, 11) is 0. The van der Waals surface area contributed by atoms with Crippen molar-refractivity contribution in [2.24, 2.45) is 5.92 Å². The zero-order chi connectivity index (χ0) is 13.9. The molecule has 106 valence electrons. The highest BCUT2D eigenvalue weighted by atomic mass is 15.3. The fourth-order valence-electron chi connectivity index (χ4n) is 2.74. The van der Waals surface area contributed by atoms with E-state index in [1.165, 1.54) is 29.7 Å². The number of hydrogen-bond donors (Lipinski definition) is 1. The molecule has 3 rings (SSSR count). The molecule has 1 aromatic carbocycles. The van der Waals surface area contributed by atoms with Crippen molar-refractivity contribution in [1.82, 2.24) is 14.8 Å². The first kappa shape index (κ1) is 13.2. The molecule has 0 amide bonds. The second-order valence-electron chi connectivity index (χ2n) is 5.95. The zero-order valence-electron chi connectivity index (χ0n) is 12.3. The van der Waals surface area contributed by atoms with E-state index in [4.69, 9.17) is 0 Å². The summed E-state index contributed by atoms with van der Waals surface area (Å²) < 4.78 is 2.03. The molecule has 1 aromatic heterocycles. The first-order valence-electron chi connectivity index (χ1n) is 7.45. The van der Waals surface area contributed by atoms with E-state index in [-0.39, 0.29) is 0 Å². The summed E-state index contributed by atoms with van der Waals surface area (Å²) >= 11 is 0. The van der Waals surface area contributed by atoms with Gasteiger partial charge in [0, 0.05) is 25.2 Å². The normalized spacial score (nSPS) is 14.2. The van der Waals surface area contributed by atoms with E-state index in [2.05, 4.69) is 47.4 Å². The molecule has 0 fully saturated rings. The van der Waals surface area contributed by atoms with Crippen LogP contribution in [0.25, 0.3) is 0 Å². The van der Waals surface area contributed by atoms with E-state index in [9.17, 15) is 0 Å². The average Bonchev–Trinajstić information content (AvgIpc) is 2.85. The van der Waals surface area contributed by atoms with Crippen molar-refractivity contribution in [2.45, 2.75) is 39.7 Å². The summed E-state index contributed by atoms with van der Waals surface area (Å²) in [6, 6.07) is 6.72. The first-order valence-corrected chi connectivity index (χ1v) is 7.45. The molecule has 2 aromatic rings. The second-order valence-corrected chi connectivity index (χ2v) is 5.95. The van der Waals surface area contributed by atoms with Crippen LogP contribution in [-0.2, 0) is 19.4 Å². The van der Waals surface area contributed by atoms with Gasteiger partial charge in [-0.3, -0.25) is 0 Å². The van der Waals surface area contributed by atoms with E-state index < -0.39 is 0 Å². The third kappa shape index (κ3) is 2.84. The fraction of sp³-hybridized carbons (Fsp3) is 0.500. The number of aryl methyl sites for hydroxylation is 1. The van der Waals surface area contributed by atoms with Crippen LogP contribution in [0.5, 0.6) is 0 Å². The van der Waals surface area contributed by atoms with Gasteiger partial charge in [-0.2, -0.15) is 5.10 Å². The van der Waals surface area contributed by atoms with E-state index in [0.29, 0.717) is 5.92 Å². The Bertz CT molecular complexity index is 586. The molecule has 0 saturated carbocycles. The van der Waals surface area contributed by atoms with Gasteiger partial charge in [-0.15, -0.1) is 0 Å². The van der Waals surface area contributed by atoms with Gasteiger partial charge in [-0.05, 0) is 36.0 Å². The van der Waals surface area contributed by atoms with Gasteiger partial charge in [0.25, 0.3) is 0 Å². The number of nitrogens with one attached hydrogen (secondary N) is 1. The number of benzene rings is 1. The Balaban J connectivity index is 1.79. The quantitative estimate of drug-likeness (QED) is 0.929. The van der Waals surface area contributed by atoms with Crippen molar-refractivity contribution in [3.05, 3.63) is 41.5 Å². The maximum absolute atomic E-state index is 4.41. The molecule has 1 aliphatic rings. The summed E-state index contributed by atoms with van der Waals surface area (Å²) in [6.07, 6.45) is 4.92. The van der Waals surface area contributed by atoms with Crippen LogP contribution in [0, 0.1) is 5.92 Å². The lowest BCUT2D eigenvalue weighted by atomic mass is 9.99. The van der Waals surface area contributed by atoms with Gasteiger partial charge in [0.1, 0.15) is 12.2 Å². The molecular weight excluding hydrogens is 248 g/mol. The van der Waals surface area contributed by atoms with Crippen LogP contribution in [0.3, 0.4) is 0 Å². The Hall–Kier alpha value is -1.84. The SMILES string of the molecule is CC(C)Cn1ncnc1Cc1ccc2c(c1)CCCN2. The minimum atomic E-state index is 0.586. The molecule has 0 aliphatic carbocycles. The summed E-state index contributed by atoms with van der Waals surface area (Å²) in [4.78, 5) is 4.41. The van der Waals surface area contributed by atoms with Gasteiger partial charge in [0.05, 0.1) is 0 Å². The summed E-state index contributed by atoms with van der Waals surface area (Å²) in [6.45, 7) is 6.43. The molecular formula is C16H22N4. The third-order valence-electron chi connectivity index (χ3n) is 3.70. The van der Waals surface area contributed by atoms with Crippen LogP contribution in [0.2, 0.25) is 0 Å². The minimum Gasteiger partial charge on any atom is -0.385 e. The van der Waals surface area contributed by atoms with Crippen LogP contribution in [0.15, 0.2) is 24.5 Å². The van der Waals surface area contributed by atoms with Crippen molar-refractivity contribution >= 4 is 5.69 Å². The van der Waals surface area contributed by atoms with Crippen LogP contribution in [-0.4, -0.2) is 21.3 Å². The van der Waals surface area contributed by atoms with Gasteiger partial charge in [-0.25, -0.2) is 9.67 Å². The Morgan fingerprint density at radius 2 is 2.25 bits per heavy atom. The maximum Gasteiger partial charge on any atom is 0.138 e. The first-order chi connectivity index (χ1) is 9.72. The van der Waals surface area contributed by atoms with Crippen LogP contribution in [0.1, 0.15) is 37.2 Å². The minimum absolute atomic E-state index is 0.586. The Labute approximate surface area is 120 Å². The zero-order valence-corrected chi connectivity index (χ0v) is 12.3. The van der Waals surface area contributed by atoms with E-state index in [0.717, 1.165) is 25.3 Å². The number of fused-ring (bicyclic) bond motifs is 1. The van der Waals surface area contributed by atoms with E-state index >= 15 is 0 Å². The Morgan fingerprint density at radius 3 is 3.10 bits per heavy atom.